The summed E-state index contributed by atoms with van der Waals surface area (Å²) >= 11 is 0. The second-order valence-corrected chi connectivity index (χ2v) is 4.47. The number of hydrogen-bond donors (Lipinski definition) is 2. The number of aliphatic hydroxyl groups is 1. The Morgan fingerprint density at radius 3 is 2.73 bits per heavy atom. The largest absolute Gasteiger partial charge is 0.393 e. The zero-order valence-electron chi connectivity index (χ0n) is 9.70. The summed E-state index contributed by atoms with van der Waals surface area (Å²) in [6, 6.07) is 0. The lowest BCUT2D eigenvalue weighted by atomic mass is 9.82. The quantitative estimate of drug-likeness (QED) is 0.622. The lowest BCUT2D eigenvalue weighted by Crippen LogP contribution is -2.39. The molecule has 1 saturated carbocycles. The first-order valence-electron chi connectivity index (χ1n) is 5.70. The van der Waals surface area contributed by atoms with Crippen molar-refractivity contribution in [2.75, 3.05) is 27.2 Å². The van der Waals surface area contributed by atoms with Gasteiger partial charge in [0.25, 0.3) is 0 Å². The zero-order valence-corrected chi connectivity index (χ0v) is 9.70. The number of nitrogens with zero attached hydrogens (tertiary/aromatic N) is 1. The summed E-state index contributed by atoms with van der Waals surface area (Å²) in [5, 5.41) is 12.2. The average molecular weight is 214 g/mol. The van der Waals surface area contributed by atoms with Crippen LogP contribution in [0.25, 0.3) is 0 Å². The molecule has 0 unspecified atom stereocenters. The Hall–Kier alpha value is -0.610. The number of aliphatic hydroxyl groups excluding tert-OH is 1. The predicted molar refractivity (Wildman–Crippen MR) is 59.5 cm³/mol. The van der Waals surface area contributed by atoms with Crippen molar-refractivity contribution in [3.05, 3.63) is 0 Å². The van der Waals surface area contributed by atoms with Crippen molar-refractivity contribution in [3.63, 3.8) is 0 Å². The molecule has 0 atom stereocenters. The molecule has 0 heterocycles. The topological polar surface area (TPSA) is 52.6 Å². The maximum atomic E-state index is 11.6. The van der Waals surface area contributed by atoms with Crippen LogP contribution < -0.4 is 5.32 Å². The van der Waals surface area contributed by atoms with Gasteiger partial charge >= 0.3 is 0 Å². The zero-order chi connectivity index (χ0) is 11.3. The van der Waals surface area contributed by atoms with E-state index in [1.165, 1.54) is 0 Å². The lowest BCUT2D eigenvalue weighted by molar-refractivity contribution is -0.131. The highest BCUT2D eigenvalue weighted by Gasteiger charge is 2.28. The highest BCUT2D eigenvalue weighted by molar-refractivity contribution is 5.75. The fourth-order valence-corrected chi connectivity index (χ4v) is 1.95. The van der Waals surface area contributed by atoms with E-state index in [9.17, 15) is 4.79 Å². The fourth-order valence-electron chi connectivity index (χ4n) is 1.95. The number of carbonyl (C=O) groups is 1. The summed E-state index contributed by atoms with van der Waals surface area (Å²) in [5.74, 6) is 0.727. The molecule has 4 heteroatoms. The van der Waals surface area contributed by atoms with E-state index in [1.807, 2.05) is 14.1 Å². The fraction of sp³-hybridized carbons (Fsp3) is 0.909. The Labute approximate surface area is 91.6 Å². The van der Waals surface area contributed by atoms with Crippen LogP contribution >= 0.6 is 0 Å². The molecule has 88 valence electrons. The van der Waals surface area contributed by atoms with Gasteiger partial charge in [-0.25, -0.2) is 0 Å². The van der Waals surface area contributed by atoms with Crippen LogP contribution in [0.2, 0.25) is 0 Å². The van der Waals surface area contributed by atoms with Gasteiger partial charge in [-0.1, -0.05) is 0 Å². The first-order valence-corrected chi connectivity index (χ1v) is 5.70. The molecule has 1 aliphatic carbocycles. The third-order valence-electron chi connectivity index (χ3n) is 2.99. The molecule has 0 aliphatic heterocycles. The molecule has 2 N–H and O–H groups in total. The van der Waals surface area contributed by atoms with Gasteiger partial charge in [-0.15, -0.1) is 0 Å². The second-order valence-electron chi connectivity index (χ2n) is 4.47. The summed E-state index contributed by atoms with van der Waals surface area (Å²) in [4.78, 5) is 13.4. The number of amides is 1. The molecule has 0 bridgehead atoms. The maximum Gasteiger partial charge on any atom is 0.222 e. The van der Waals surface area contributed by atoms with Crippen molar-refractivity contribution in [3.8, 4) is 0 Å². The molecule has 0 saturated heterocycles. The van der Waals surface area contributed by atoms with Crippen molar-refractivity contribution in [1.82, 2.24) is 10.2 Å². The number of carbonyl (C=O) groups excluding carboxylic acids is 1. The van der Waals surface area contributed by atoms with Gasteiger partial charge in [-0.05, 0) is 38.8 Å². The molecule has 1 amide bonds. The molecule has 0 spiro atoms. The first kappa shape index (κ1) is 12.5. The molecule has 4 nitrogen and oxygen atoms in total. The van der Waals surface area contributed by atoms with E-state index >= 15 is 0 Å². The van der Waals surface area contributed by atoms with Crippen molar-refractivity contribution in [1.29, 1.82) is 0 Å². The van der Waals surface area contributed by atoms with E-state index < -0.39 is 0 Å². The van der Waals surface area contributed by atoms with Crippen LogP contribution in [0.3, 0.4) is 0 Å². The SMILES string of the molecule is CNCCCC(=O)N(C)CC1CC(O)C1. The van der Waals surface area contributed by atoms with Gasteiger partial charge in [-0.2, -0.15) is 0 Å². The lowest BCUT2D eigenvalue weighted by Gasteiger charge is -2.34. The molecule has 1 rings (SSSR count). The number of rotatable bonds is 6. The Balaban J connectivity index is 2.10. The standard InChI is InChI=1S/C11H22N2O2/c1-12-5-3-4-11(15)13(2)8-9-6-10(14)7-9/h9-10,12,14H,3-8H2,1-2H3. The Bertz CT molecular complexity index is 203. The van der Waals surface area contributed by atoms with Crippen LogP contribution in [0, 0.1) is 5.92 Å². The van der Waals surface area contributed by atoms with Crippen LogP contribution in [0.4, 0.5) is 0 Å². The van der Waals surface area contributed by atoms with Gasteiger partial charge in [0.2, 0.25) is 5.91 Å². The minimum Gasteiger partial charge on any atom is -0.393 e. The van der Waals surface area contributed by atoms with Crippen LogP contribution in [0.5, 0.6) is 0 Å². The van der Waals surface area contributed by atoms with Crippen LogP contribution in [0.15, 0.2) is 0 Å². The average Bonchev–Trinajstić information content (AvgIpc) is 2.15. The highest BCUT2D eigenvalue weighted by atomic mass is 16.3. The smallest absolute Gasteiger partial charge is 0.222 e. The van der Waals surface area contributed by atoms with Crippen molar-refractivity contribution >= 4 is 5.91 Å². The van der Waals surface area contributed by atoms with Gasteiger partial charge in [0, 0.05) is 20.0 Å². The van der Waals surface area contributed by atoms with E-state index in [0.717, 1.165) is 32.4 Å². The Kier molecular flexibility index (Phi) is 5.05. The molecule has 1 fully saturated rings. The molecule has 0 aromatic carbocycles. The van der Waals surface area contributed by atoms with Gasteiger partial charge in [0.05, 0.1) is 6.10 Å². The molecular formula is C11H22N2O2. The molecule has 15 heavy (non-hydrogen) atoms. The van der Waals surface area contributed by atoms with E-state index in [0.29, 0.717) is 12.3 Å². The van der Waals surface area contributed by atoms with Crippen molar-refractivity contribution in [2.45, 2.75) is 31.8 Å². The summed E-state index contributed by atoms with van der Waals surface area (Å²) in [6.45, 7) is 1.69. The van der Waals surface area contributed by atoms with E-state index in [-0.39, 0.29) is 12.0 Å². The Morgan fingerprint density at radius 1 is 1.53 bits per heavy atom. The predicted octanol–water partition coefficient (Wildman–Crippen LogP) is 0.215. The third-order valence-corrected chi connectivity index (χ3v) is 2.99. The molecule has 0 aromatic heterocycles. The summed E-state index contributed by atoms with van der Waals surface area (Å²) in [6.07, 6.45) is 3.10. The first-order chi connectivity index (χ1) is 7.13. The van der Waals surface area contributed by atoms with Gasteiger partial charge in [0.15, 0.2) is 0 Å². The Morgan fingerprint density at radius 2 is 2.20 bits per heavy atom. The van der Waals surface area contributed by atoms with Gasteiger partial charge in [0.1, 0.15) is 0 Å². The van der Waals surface area contributed by atoms with Crippen LogP contribution in [-0.4, -0.2) is 49.2 Å². The molecule has 0 radical (unpaired) electrons. The normalized spacial score (nSPS) is 24.7. The maximum absolute atomic E-state index is 11.6. The van der Waals surface area contributed by atoms with E-state index in [2.05, 4.69) is 5.32 Å². The summed E-state index contributed by atoms with van der Waals surface area (Å²) in [7, 11) is 3.75. The third kappa shape index (κ3) is 4.18. The van der Waals surface area contributed by atoms with Gasteiger partial charge < -0.3 is 15.3 Å². The van der Waals surface area contributed by atoms with Crippen LogP contribution in [-0.2, 0) is 4.79 Å². The second kappa shape index (κ2) is 6.08. The number of nitrogens with one attached hydrogen (secondary N) is 1. The minimum absolute atomic E-state index is 0.122. The molecular weight excluding hydrogens is 192 g/mol. The van der Waals surface area contributed by atoms with Crippen molar-refractivity contribution < 1.29 is 9.90 Å². The number of hydrogen-bond acceptors (Lipinski definition) is 3. The monoisotopic (exact) mass is 214 g/mol. The van der Waals surface area contributed by atoms with Crippen LogP contribution in [0.1, 0.15) is 25.7 Å². The van der Waals surface area contributed by atoms with E-state index in [4.69, 9.17) is 5.11 Å². The summed E-state index contributed by atoms with van der Waals surface area (Å²) in [5.41, 5.74) is 0. The summed E-state index contributed by atoms with van der Waals surface area (Å²) < 4.78 is 0. The minimum atomic E-state index is -0.122. The molecule has 1 aliphatic rings. The molecule has 0 aromatic rings. The van der Waals surface area contributed by atoms with Gasteiger partial charge in [-0.3, -0.25) is 4.79 Å². The van der Waals surface area contributed by atoms with Crippen molar-refractivity contribution in [2.24, 2.45) is 5.92 Å². The van der Waals surface area contributed by atoms with E-state index in [1.54, 1.807) is 4.90 Å². The highest BCUT2D eigenvalue weighted by Crippen LogP contribution is 2.27.